The van der Waals surface area contributed by atoms with Crippen molar-refractivity contribution < 1.29 is 0 Å². The third-order valence-corrected chi connectivity index (χ3v) is 3.60. The van der Waals surface area contributed by atoms with Crippen molar-refractivity contribution in [2.45, 2.75) is 25.1 Å². The van der Waals surface area contributed by atoms with Crippen LogP contribution in [-0.2, 0) is 0 Å². The smallest absolute Gasteiger partial charge is 0.0489 e. The highest BCUT2D eigenvalue weighted by Crippen LogP contribution is 2.21. The lowest BCUT2D eigenvalue weighted by molar-refractivity contribution is 0.188. The Balaban J connectivity index is 2.13. The molecule has 0 aromatic heterocycles. The lowest BCUT2D eigenvalue weighted by Gasteiger charge is -2.34. The van der Waals surface area contributed by atoms with E-state index < -0.39 is 0 Å². The van der Waals surface area contributed by atoms with Crippen LogP contribution in [0.2, 0.25) is 0 Å². The Morgan fingerprint density at radius 2 is 2.14 bits per heavy atom. The number of alkyl halides is 1. The highest BCUT2D eigenvalue weighted by molar-refractivity contribution is 6.21. The van der Waals surface area contributed by atoms with E-state index in [1.807, 2.05) is 0 Å². The van der Waals surface area contributed by atoms with Gasteiger partial charge in [0.1, 0.15) is 0 Å². The van der Waals surface area contributed by atoms with Crippen LogP contribution in [0.15, 0.2) is 0 Å². The van der Waals surface area contributed by atoms with Gasteiger partial charge >= 0.3 is 0 Å². The normalized spacial score (nSPS) is 29.8. The van der Waals surface area contributed by atoms with Gasteiger partial charge in [-0.05, 0) is 52.5 Å². The van der Waals surface area contributed by atoms with Gasteiger partial charge in [-0.3, -0.25) is 0 Å². The van der Waals surface area contributed by atoms with Crippen LogP contribution in [0, 0.1) is 5.92 Å². The molecule has 1 fully saturated rings. The third-order valence-electron chi connectivity index (χ3n) is 3.03. The second-order valence-corrected chi connectivity index (χ2v) is 5.30. The first-order chi connectivity index (χ1) is 6.59. The summed E-state index contributed by atoms with van der Waals surface area (Å²) < 4.78 is 0. The van der Waals surface area contributed by atoms with Crippen LogP contribution in [-0.4, -0.2) is 55.5 Å². The van der Waals surface area contributed by atoms with Gasteiger partial charge in [0.25, 0.3) is 0 Å². The van der Waals surface area contributed by atoms with Crippen molar-refractivity contribution in [1.82, 2.24) is 9.80 Å². The molecule has 1 aliphatic rings. The zero-order valence-electron chi connectivity index (χ0n) is 9.67. The summed E-state index contributed by atoms with van der Waals surface area (Å²) in [4.78, 5) is 4.74. The molecule has 0 aromatic carbocycles. The van der Waals surface area contributed by atoms with Crippen molar-refractivity contribution in [1.29, 1.82) is 0 Å². The van der Waals surface area contributed by atoms with E-state index in [4.69, 9.17) is 11.6 Å². The predicted octanol–water partition coefficient (Wildman–Crippen LogP) is 1.89. The number of hydrogen-bond donors (Lipinski definition) is 0. The van der Waals surface area contributed by atoms with Gasteiger partial charge in [-0.2, -0.15) is 0 Å². The van der Waals surface area contributed by atoms with Crippen LogP contribution >= 0.6 is 11.6 Å². The number of halogens is 1. The Hall–Kier alpha value is 0.210. The molecule has 0 amide bonds. The van der Waals surface area contributed by atoms with Crippen molar-refractivity contribution in [2.24, 2.45) is 5.92 Å². The molecule has 84 valence electrons. The van der Waals surface area contributed by atoms with Crippen molar-refractivity contribution in [3.05, 3.63) is 0 Å². The topological polar surface area (TPSA) is 6.48 Å². The van der Waals surface area contributed by atoms with Crippen LogP contribution in [0.4, 0.5) is 0 Å². The highest BCUT2D eigenvalue weighted by Gasteiger charge is 2.23. The molecule has 2 unspecified atom stereocenters. The summed E-state index contributed by atoms with van der Waals surface area (Å²) in [5.74, 6) is 0.696. The summed E-state index contributed by atoms with van der Waals surface area (Å²) in [5.41, 5.74) is 0. The van der Waals surface area contributed by atoms with E-state index in [1.165, 1.54) is 32.5 Å². The molecule has 14 heavy (non-hydrogen) atoms. The fourth-order valence-electron chi connectivity index (χ4n) is 1.90. The number of likely N-dealkylation sites (tertiary alicyclic amines) is 1. The Labute approximate surface area is 93.2 Å². The molecule has 3 heteroatoms. The average Bonchev–Trinajstić information content (AvgIpc) is 2.10. The lowest BCUT2D eigenvalue weighted by atomic mass is 9.98. The molecule has 0 N–H and O–H groups in total. The Morgan fingerprint density at radius 3 is 2.71 bits per heavy atom. The molecule has 0 aliphatic carbocycles. The van der Waals surface area contributed by atoms with Crippen molar-refractivity contribution in [2.75, 3.05) is 40.3 Å². The zero-order chi connectivity index (χ0) is 10.6. The second-order valence-electron chi connectivity index (χ2n) is 4.74. The van der Waals surface area contributed by atoms with Gasteiger partial charge in [-0.25, -0.2) is 0 Å². The Morgan fingerprint density at radius 1 is 1.43 bits per heavy atom. The van der Waals surface area contributed by atoms with Gasteiger partial charge in [0, 0.05) is 11.9 Å². The molecule has 0 saturated carbocycles. The molecule has 1 aliphatic heterocycles. The Bertz CT molecular complexity index is 161. The quantitative estimate of drug-likeness (QED) is 0.665. The van der Waals surface area contributed by atoms with Crippen molar-refractivity contribution in [3.63, 3.8) is 0 Å². The summed E-state index contributed by atoms with van der Waals surface area (Å²) in [5, 5.41) is 0.364. The van der Waals surface area contributed by atoms with Crippen LogP contribution in [0.1, 0.15) is 19.8 Å². The SMILES string of the molecule is CC1CCN(CCCN(C)C)CC1Cl. The molecule has 1 rings (SSSR count). The van der Waals surface area contributed by atoms with E-state index in [0.717, 1.165) is 6.54 Å². The molecule has 0 aromatic rings. The van der Waals surface area contributed by atoms with Crippen LogP contribution in [0.25, 0.3) is 0 Å². The summed E-state index contributed by atoms with van der Waals surface area (Å²) in [6.45, 7) is 6.95. The van der Waals surface area contributed by atoms with Gasteiger partial charge < -0.3 is 9.80 Å². The number of piperidine rings is 1. The minimum absolute atomic E-state index is 0.364. The van der Waals surface area contributed by atoms with Crippen molar-refractivity contribution in [3.8, 4) is 0 Å². The largest absolute Gasteiger partial charge is 0.309 e. The molecule has 1 saturated heterocycles. The van der Waals surface area contributed by atoms with E-state index in [-0.39, 0.29) is 0 Å². The van der Waals surface area contributed by atoms with E-state index in [9.17, 15) is 0 Å². The maximum Gasteiger partial charge on any atom is 0.0489 e. The van der Waals surface area contributed by atoms with Gasteiger partial charge in [-0.1, -0.05) is 6.92 Å². The van der Waals surface area contributed by atoms with E-state index in [0.29, 0.717) is 11.3 Å². The summed E-state index contributed by atoms with van der Waals surface area (Å²) in [6, 6.07) is 0. The summed E-state index contributed by atoms with van der Waals surface area (Å²) in [6.07, 6.45) is 2.52. The van der Waals surface area contributed by atoms with Gasteiger partial charge in [0.05, 0.1) is 0 Å². The first kappa shape index (κ1) is 12.3. The molecular formula is C11H23ClN2. The fourth-order valence-corrected chi connectivity index (χ4v) is 2.22. The van der Waals surface area contributed by atoms with Gasteiger partial charge in [0.15, 0.2) is 0 Å². The maximum absolute atomic E-state index is 6.25. The van der Waals surface area contributed by atoms with Gasteiger partial charge in [-0.15, -0.1) is 11.6 Å². The Kier molecular flexibility index (Phi) is 5.21. The minimum Gasteiger partial charge on any atom is -0.309 e. The molecule has 2 atom stereocenters. The van der Waals surface area contributed by atoms with Crippen LogP contribution < -0.4 is 0 Å². The molecule has 0 radical (unpaired) electrons. The standard InChI is InChI=1S/C11H23ClN2/c1-10-5-8-14(9-11(10)12)7-4-6-13(2)3/h10-11H,4-9H2,1-3H3. The summed E-state index contributed by atoms with van der Waals surface area (Å²) in [7, 11) is 4.26. The van der Waals surface area contributed by atoms with Crippen LogP contribution in [0.5, 0.6) is 0 Å². The molecule has 1 heterocycles. The minimum atomic E-state index is 0.364. The van der Waals surface area contributed by atoms with Crippen LogP contribution in [0.3, 0.4) is 0 Å². The molecule has 2 nitrogen and oxygen atoms in total. The first-order valence-electron chi connectivity index (χ1n) is 5.60. The maximum atomic E-state index is 6.25. The van der Waals surface area contributed by atoms with E-state index in [2.05, 4.69) is 30.8 Å². The lowest BCUT2D eigenvalue weighted by Crippen LogP contribution is -2.41. The first-order valence-corrected chi connectivity index (χ1v) is 6.04. The molecule has 0 spiro atoms. The third kappa shape index (κ3) is 4.16. The highest BCUT2D eigenvalue weighted by atomic mass is 35.5. The van der Waals surface area contributed by atoms with Gasteiger partial charge in [0.2, 0.25) is 0 Å². The van der Waals surface area contributed by atoms with Crippen molar-refractivity contribution >= 4 is 11.6 Å². The van der Waals surface area contributed by atoms with E-state index >= 15 is 0 Å². The molecular weight excluding hydrogens is 196 g/mol. The number of hydrogen-bond acceptors (Lipinski definition) is 2. The zero-order valence-corrected chi connectivity index (χ0v) is 10.4. The fraction of sp³-hybridized carbons (Fsp3) is 1.00. The predicted molar refractivity (Wildman–Crippen MR) is 63.0 cm³/mol. The average molecular weight is 219 g/mol. The monoisotopic (exact) mass is 218 g/mol. The second kappa shape index (κ2) is 5.94. The molecule has 0 bridgehead atoms. The van der Waals surface area contributed by atoms with E-state index in [1.54, 1.807) is 0 Å². The number of nitrogens with zero attached hydrogens (tertiary/aromatic N) is 2. The summed E-state index contributed by atoms with van der Waals surface area (Å²) >= 11 is 6.25. The number of rotatable bonds is 4.